The normalized spacial score (nSPS) is 10.4. The lowest BCUT2D eigenvalue weighted by Gasteiger charge is -2.10. The van der Waals surface area contributed by atoms with Crippen LogP contribution in [0.15, 0.2) is 30.6 Å². The molecule has 3 rings (SSSR count). The van der Waals surface area contributed by atoms with Crippen LogP contribution in [-0.4, -0.2) is 19.6 Å². The van der Waals surface area contributed by atoms with Crippen LogP contribution in [0.2, 0.25) is 5.15 Å². The first-order valence-electron chi connectivity index (χ1n) is 5.73. The lowest BCUT2D eigenvalue weighted by atomic mass is 10.2. The van der Waals surface area contributed by atoms with E-state index in [0.717, 1.165) is 0 Å². The molecular weight excluding hydrogens is 278 g/mol. The van der Waals surface area contributed by atoms with Crippen molar-refractivity contribution in [2.24, 2.45) is 0 Å². The molecule has 2 heterocycles. The summed E-state index contributed by atoms with van der Waals surface area (Å²) in [5, 5.41) is 13.3. The van der Waals surface area contributed by atoms with Gasteiger partial charge >= 0.3 is 0 Å². The van der Waals surface area contributed by atoms with E-state index in [-0.39, 0.29) is 0 Å². The summed E-state index contributed by atoms with van der Waals surface area (Å²) in [7, 11) is 0. The molecule has 0 saturated carbocycles. The van der Waals surface area contributed by atoms with Crippen LogP contribution in [0.25, 0.3) is 5.78 Å². The number of rotatable bonds is 2. The molecule has 1 aromatic carbocycles. The highest BCUT2D eigenvalue weighted by molar-refractivity contribution is 6.30. The molecule has 0 aliphatic heterocycles. The Bertz CT molecular complexity index is 836. The summed E-state index contributed by atoms with van der Waals surface area (Å²) in [6, 6.07) is 8.88. The minimum atomic E-state index is 0.303. The van der Waals surface area contributed by atoms with Crippen LogP contribution < -0.4 is 4.74 Å². The van der Waals surface area contributed by atoms with Crippen molar-refractivity contribution >= 4 is 17.4 Å². The molecule has 98 valence electrons. The Morgan fingerprint density at radius 1 is 1.40 bits per heavy atom. The molecule has 0 spiro atoms. The molecule has 3 aromatic rings. The van der Waals surface area contributed by atoms with Gasteiger partial charge in [-0.15, -0.1) is 0 Å². The van der Waals surface area contributed by atoms with Gasteiger partial charge in [0.15, 0.2) is 0 Å². The maximum absolute atomic E-state index is 8.90. The molecule has 20 heavy (non-hydrogen) atoms. The van der Waals surface area contributed by atoms with Gasteiger partial charge in [-0.1, -0.05) is 17.7 Å². The van der Waals surface area contributed by atoms with Crippen molar-refractivity contribution in [2.75, 3.05) is 0 Å². The number of halogens is 1. The van der Waals surface area contributed by atoms with Gasteiger partial charge in [-0.2, -0.15) is 24.8 Å². The lowest BCUT2D eigenvalue weighted by molar-refractivity contribution is 0.441. The van der Waals surface area contributed by atoms with Crippen molar-refractivity contribution in [1.82, 2.24) is 19.6 Å². The third kappa shape index (κ3) is 2.04. The highest BCUT2D eigenvalue weighted by atomic mass is 35.5. The lowest BCUT2D eigenvalue weighted by Crippen LogP contribution is -2.01. The van der Waals surface area contributed by atoms with Gasteiger partial charge in [-0.25, -0.2) is 0 Å². The first-order valence-corrected chi connectivity index (χ1v) is 6.10. The van der Waals surface area contributed by atoms with Gasteiger partial charge < -0.3 is 4.74 Å². The minimum absolute atomic E-state index is 0.303. The zero-order chi connectivity index (χ0) is 14.1. The average molecular weight is 286 g/mol. The maximum atomic E-state index is 8.90. The summed E-state index contributed by atoms with van der Waals surface area (Å²) in [6.07, 6.45) is 1.37. The van der Waals surface area contributed by atoms with Crippen LogP contribution in [0.1, 0.15) is 11.1 Å². The third-order valence-corrected chi connectivity index (χ3v) is 3.10. The number of ether oxygens (including phenoxy) is 1. The molecule has 2 aromatic heterocycles. The molecule has 0 unspecified atom stereocenters. The van der Waals surface area contributed by atoms with Crippen molar-refractivity contribution < 1.29 is 4.74 Å². The quantitative estimate of drug-likeness (QED) is 0.677. The predicted octanol–water partition coefficient (Wildman–Crippen LogP) is 2.75. The Morgan fingerprint density at radius 3 is 3.05 bits per heavy atom. The van der Waals surface area contributed by atoms with Gasteiger partial charge in [0.1, 0.15) is 17.2 Å². The zero-order valence-electron chi connectivity index (χ0n) is 10.4. The summed E-state index contributed by atoms with van der Waals surface area (Å²) in [4.78, 5) is 8.07. The van der Waals surface area contributed by atoms with Crippen LogP contribution in [0.4, 0.5) is 0 Å². The Balaban J connectivity index is 2.12. The van der Waals surface area contributed by atoms with Gasteiger partial charge in [0.2, 0.25) is 5.88 Å². The van der Waals surface area contributed by atoms with Crippen molar-refractivity contribution in [2.45, 2.75) is 6.92 Å². The second kappa shape index (κ2) is 4.79. The zero-order valence-corrected chi connectivity index (χ0v) is 11.2. The molecule has 0 atom stereocenters. The largest absolute Gasteiger partial charge is 0.438 e. The summed E-state index contributed by atoms with van der Waals surface area (Å²) in [5.41, 5.74) is 1.15. The molecule has 7 heteroatoms. The smallest absolute Gasteiger partial charge is 0.256 e. The van der Waals surface area contributed by atoms with Gasteiger partial charge in [0, 0.05) is 5.56 Å². The van der Waals surface area contributed by atoms with Crippen LogP contribution in [0.5, 0.6) is 11.6 Å². The first kappa shape index (κ1) is 12.4. The van der Waals surface area contributed by atoms with Crippen molar-refractivity contribution in [3.63, 3.8) is 0 Å². The first-order chi connectivity index (χ1) is 9.69. The standard InChI is InChI=1S/C13H8ClN5O/c1-8-11(14)18-13-16-7-17-19(13)12(8)20-10-4-2-3-9(5-10)6-15/h2-5,7H,1H3. The van der Waals surface area contributed by atoms with Crippen LogP contribution in [0, 0.1) is 18.3 Å². The van der Waals surface area contributed by atoms with E-state index >= 15 is 0 Å². The molecule has 0 aliphatic carbocycles. The van der Waals surface area contributed by atoms with E-state index in [2.05, 4.69) is 21.1 Å². The van der Waals surface area contributed by atoms with E-state index in [1.165, 1.54) is 10.8 Å². The van der Waals surface area contributed by atoms with Gasteiger partial charge in [0.25, 0.3) is 5.78 Å². The van der Waals surface area contributed by atoms with E-state index in [1.807, 2.05) is 0 Å². The van der Waals surface area contributed by atoms with Crippen LogP contribution in [-0.2, 0) is 0 Å². The number of aromatic nitrogens is 4. The van der Waals surface area contributed by atoms with Crippen molar-refractivity contribution in [3.8, 4) is 17.7 Å². The predicted molar refractivity (Wildman–Crippen MR) is 71.8 cm³/mol. The fourth-order valence-electron chi connectivity index (χ4n) is 1.73. The maximum Gasteiger partial charge on any atom is 0.256 e. The third-order valence-electron chi connectivity index (χ3n) is 2.73. The number of benzene rings is 1. The second-order valence-electron chi connectivity index (χ2n) is 4.05. The number of fused-ring (bicyclic) bond motifs is 1. The SMILES string of the molecule is Cc1c(Cl)nc2ncnn2c1Oc1cccc(C#N)c1. The highest BCUT2D eigenvalue weighted by Crippen LogP contribution is 2.29. The molecular formula is C13H8ClN5O. The molecule has 0 aliphatic rings. The summed E-state index contributed by atoms with van der Waals surface area (Å²) in [5.74, 6) is 1.30. The molecule has 6 nitrogen and oxygen atoms in total. The van der Waals surface area contributed by atoms with Gasteiger partial charge in [-0.3, -0.25) is 0 Å². The molecule has 0 amide bonds. The molecule has 0 fully saturated rings. The minimum Gasteiger partial charge on any atom is -0.438 e. The Hall–Kier alpha value is -2.65. The fraction of sp³-hybridized carbons (Fsp3) is 0.0769. The highest BCUT2D eigenvalue weighted by Gasteiger charge is 2.14. The van der Waals surface area contributed by atoms with E-state index in [4.69, 9.17) is 21.6 Å². The van der Waals surface area contributed by atoms with E-state index in [1.54, 1.807) is 31.2 Å². The Labute approximate surface area is 119 Å². The fourth-order valence-corrected chi connectivity index (χ4v) is 1.89. The van der Waals surface area contributed by atoms with E-state index < -0.39 is 0 Å². The topological polar surface area (TPSA) is 76.1 Å². The number of hydrogen-bond donors (Lipinski definition) is 0. The molecule has 0 N–H and O–H groups in total. The Morgan fingerprint density at radius 2 is 2.25 bits per heavy atom. The number of nitriles is 1. The number of nitrogens with zero attached hydrogens (tertiary/aromatic N) is 5. The van der Waals surface area contributed by atoms with Crippen LogP contribution in [0.3, 0.4) is 0 Å². The molecule has 0 bridgehead atoms. The van der Waals surface area contributed by atoms with E-state index in [9.17, 15) is 0 Å². The Kier molecular flexibility index (Phi) is 2.97. The monoisotopic (exact) mass is 285 g/mol. The molecule has 0 saturated heterocycles. The average Bonchev–Trinajstić information content (AvgIpc) is 2.92. The van der Waals surface area contributed by atoms with Crippen LogP contribution >= 0.6 is 11.6 Å². The van der Waals surface area contributed by atoms with Crippen molar-refractivity contribution in [1.29, 1.82) is 5.26 Å². The van der Waals surface area contributed by atoms with E-state index in [0.29, 0.717) is 33.7 Å². The summed E-state index contributed by atoms with van der Waals surface area (Å²) < 4.78 is 7.25. The number of hydrogen-bond acceptors (Lipinski definition) is 5. The second-order valence-corrected chi connectivity index (χ2v) is 4.40. The molecule has 0 radical (unpaired) electrons. The van der Waals surface area contributed by atoms with Gasteiger partial charge in [0.05, 0.1) is 11.6 Å². The summed E-state index contributed by atoms with van der Waals surface area (Å²) in [6.45, 7) is 1.78. The summed E-state index contributed by atoms with van der Waals surface area (Å²) >= 11 is 6.05. The van der Waals surface area contributed by atoms with Crippen molar-refractivity contribution in [3.05, 3.63) is 46.9 Å². The van der Waals surface area contributed by atoms with Gasteiger partial charge in [-0.05, 0) is 25.1 Å².